The molecule has 1 fully saturated rings. The number of pyridine rings is 1. The molecule has 1 aliphatic heterocycles. The second-order valence-corrected chi connectivity index (χ2v) is 10.7. The summed E-state index contributed by atoms with van der Waals surface area (Å²) in [6, 6.07) is 9.06. The number of imidazole rings is 1. The molecule has 0 N–H and O–H groups in total. The van der Waals surface area contributed by atoms with E-state index in [9.17, 15) is 10.1 Å². The summed E-state index contributed by atoms with van der Waals surface area (Å²) < 4.78 is 24.3. The van der Waals surface area contributed by atoms with Crippen molar-refractivity contribution in [2.75, 3.05) is 26.2 Å². The van der Waals surface area contributed by atoms with Gasteiger partial charge in [-0.3, -0.25) is 19.0 Å². The van der Waals surface area contributed by atoms with E-state index in [4.69, 9.17) is 4.74 Å². The number of likely N-dealkylation sites (tertiary alicyclic amines) is 1. The zero-order valence-corrected chi connectivity index (χ0v) is 22.4. The third-order valence-electron chi connectivity index (χ3n) is 7.48. The van der Waals surface area contributed by atoms with Crippen LogP contribution in [0, 0.1) is 22.6 Å². The first-order valence-corrected chi connectivity index (χ1v) is 12.9. The molecule has 2 unspecified atom stereocenters. The van der Waals surface area contributed by atoms with Crippen LogP contribution in [0.4, 0.5) is 4.39 Å². The Balaban J connectivity index is 1.38. The van der Waals surface area contributed by atoms with Gasteiger partial charge < -0.3 is 4.74 Å². The van der Waals surface area contributed by atoms with Crippen molar-refractivity contribution in [3.05, 3.63) is 52.5 Å². The first-order valence-electron chi connectivity index (χ1n) is 12.9. The highest BCUT2D eigenvalue weighted by molar-refractivity contribution is 6.02. The smallest absolute Gasteiger partial charge is 0.330 e. The van der Waals surface area contributed by atoms with E-state index in [0.29, 0.717) is 39.8 Å². The fourth-order valence-electron chi connectivity index (χ4n) is 5.20. The minimum atomic E-state index is -0.436. The lowest BCUT2D eigenvalue weighted by molar-refractivity contribution is 0.0482. The molecule has 0 radical (unpaired) electrons. The minimum absolute atomic E-state index is 0.101. The van der Waals surface area contributed by atoms with Gasteiger partial charge in [0.05, 0.1) is 35.4 Å². The molecule has 0 spiro atoms. The molecule has 5 rings (SSSR count). The van der Waals surface area contributed by atoms with E-state index < -0.39 is 5.82 Å². The Labute approximate surface area is 220 Å². The number of hydrogen-bond acceptors (Lipinski definition) is 7. The molecule has 1 saturated heterocycles. The summed E-state index contributed by atoms with van der Waals surface area (Å²) in [5, 5.41) is 18.3. The molecular weight excluding hydrogens is 485 g/mol. The van der Waals surface area contributed by atoms with Gasteiger partial charge in [-0.2, -0.15) is 5.26 Å². The first-order chi connectivity index (χ1) is 18.1. The monoisotopic (exact) mass is 517 g/mol. The van der Waals surface area contributed by atoms with Crippen LogP contribution in [0.5, 0.6) is 0 Å². The van der Waals surface area contributed by atoms with Crippen molar-refractivity contribution in [1.82, 2.24) is 29.2 Å². The summed E-state index contributed by atoms with van der Waals surface area (Å²) in [6.45, 7) is 10.8. The van der Waals surface area contributed by atoms with Gasteiger partial charge in [-0.05, 0) is 52.8 Å². The Hall–Kier alpha value is -3.68. The quantitative estimate of drug-likeness (QED) is 0.359. The van der Waals surface area contributed by atoms with Gasteiger partial charge in [0.25, 0.3) is 0 Å². The highest BCUT2D eigenvalue weighted by Crippen LogP contribution is 2.32. The molecule has 9 nitrogen and oxygen atoms in total. The third kappa shape index (κ3) is 4.57. The summed E-state index contributed by atoms with van der Waals surface area (Å²) in [5.41, 5.74) is 2.77. The molecule has 38 heavy (non-hydrogen) atoms. The standard InChI is InChI=1S/C28H32FN7O2/c1-17(2)36-25-21-12-20(22(29)13-24(21)32-33-26(25)34(5)27(36)37)19-6-7-23(31-14-19)18(3)38-11-10-35-9-8-28(4,15-30)16-35/h6-7,12-14,17-18H,8-11,16H2,1-5H3. The van der Waals surface area contributed by atoms with E-state index in [1.807, 2.05) is 39.8 Å². The number of halogens is 1. The molecule has 2 atom stereocenters. The molecule has 198 valence electrons. The molecule has 1 aliphatic rings. The van der Waals surface area contributed by atoms with Gasteiger partial charge >= 0.3 is 5.69 Å². The van der Waals surface area contributed by atoms with Gasteiger partial charge in [0.2, 0.25) is 0 Å². The van der Waals surface area contributed by atoms with Gasteiger partial charge in [0, 0.05) is 55.0 Å². The van der Waals surface area contributed by atoms with Crippen LogP contribution in [-0.2, 0) is 11.8 Å². The Morgan fingerprint density at radius 1 is 1.24 bits per heavy atom. The van der Waals surface area contributed by atoms with Crippen molar-refractivity contribution in [1.29, 1.82) is 5.26 Å². The van der Waals surface area contributed by atoms with Crippen molar-refractivity contribution in [3.8, 4) is 17.2 Å². The van der Waals surface area contributed by atoms with Crippen molar-refractivity contribution < 1.29 is 9.13 Å². The lowest BCUT2D eigenvalue weighted by Gasteiger charge is -2.19. The molecule has 0 amide bonds. The molecule has 1 aromatic carbocycles. The normalized spacial score (nSPS) is 19.0. The Morgan fingerprint density at radius 3 is 2.68 bits per heavy atom. The van der Waals surface area contributed by atoms with E-state index in [1.54, 1.807) is 23.9 Å². The molecule has 3 aromatic heterocycles. The third-order valence-corrected chi connectivity index (χ3v) is 7.48. The minimum Gasteiger partial charge on any atom is -0.371 e. The number of fused-ring (bicyclic) bond motifs is 3. The summed E-state index contributed by atoms with van der Waals surface area (Å²) in [4.78, 5) is 19.6. The van der Waals surface area contributed by atoms with Gasteiger partial charge in [-0.15, -0.1) is 10.2 Å². The van der Waals surface area contributed by atoms with Crippen LogP contribution in [0.15, 0.2) is 35.3 Å². The maximum atomic E-state index is 15.2. The van der Waals surface area contributed by atoms with Crippen LogP contribution < -0.4 is 5.69 Å². The topological polar surface area (TPSA) is 102 Å². The van der Waals surface area contributed by atoms with E-state index in [-0.39, 0.29) is 23.3 Å². The maximum absolute atomic E-state index is 15.2. The lowest BCUT2D eigenvalue weighted by Crippen LogP contribution is -2.28. The Morgan fingerprint density at radius 2 is 2.03 bits per heavy atom. The molecule has 0 aliphatic carbocycles. The van der Waals surface area contributed by atoms with Gasteiger partial charge in [0.15, 0.2) is 5.65 Å². The van der Waals surface area contributed by atoms with E-state index in [1.165, 1.54) is 10.6 Å². The van der Waals surface area contributed by atoms with Gasteiger partial charge in [-0.1, -0.05) is 6.07 Å². The fraction of sp³-hybridized carbons (Fsp3) is 0.464. The largest absolute Gasteiger partial charge is 0.371 e. The second-order valence-electron chi connectivity index (χ2n) is 10.7. The molecule has 4 aromatic rings. The summed E-state index contributed by atoms with van der Waals surface area (Å²) >= 11 is 0. The van der Waals surface area contributed by atoms with Crippen LogP contribution in [-0.4, -0.2) is 55.5 Å². The van der Waals surface area contributed by atoms with Crippen LogP contribution in [0.3, 0.4) is 0 Å². The number of nitriles is 1. The number of benzene rings is 1. The van der Waals surface area contributed by atoms with Crippen molar-refractivity contribution in [2.45, 2.75) is 46.3 Å². The first kappa shape index (κ1) is 25.9. The fourth-order valence-corrected chi connectivity index (χ4v) is 5.20. The number of aromatic nitrogens is 5. The number of nitrogens with zero attached hydrogens (tertiary/aromatic N) is 7. The van der Waals surface area contributed by atoms with Gasteiger partial charge in [0.1, 0.15) is 11.3 Å². The van der Waals surface area contributed by atoms with Crippen molar-refractivity contribution in [2.24, 2.45) is 12.5 Å². The van der Waals surface area contributed by atoms with E-state index in [0.717, 1.165) is 31.7 Å². The average molecular weight is 518 g/mol. The van der Waals surface area contributed by atoms with Crippen LogP contribution in [0.1, 0.15) is 52.0 Å². The predicted molar refractivity (Wildman–Crippen MR) is 143 cm³/mol. The van der Waals surface area contributed by atoms with E-state index >= 15 is 4.39 Å². The van der Waals surface area contributed by atoms with Gasteiger partial charge in [-0.25, -0.2) is 9.18 Å². The molecule has 0 saturated carbocycles. The molecule has 4 heterocycles. The van der Waals surface area contributed by atoms with Crippen LogP contribution in [0.25, 0.3) is 33.2 Å². The number of ether oxygens (including phenoxy) is 1. The molecule has 0 bridgehead atoms. The van der Waals surface area contributed by atoms with E-state index in [2.05, 4.69) is 26.2 Å². The SMILES string of the molecule is CC(OCCN1CCC(C)(C#N)C1)c1ccc(-c2cc3c(cc2F)nnc2c3n(C(C)C)c(=O)n2C)cn1. The number of aryl methyl sites for hydroxylation is 1. The summed E-state index contributed by atoms with van der Waals surface area (Å²) in [7, 11) is 1.66. The van der Waals surface area contributed by atoms with Crippen molar-refractivity contribution in [3.63, 3.8) is 0 Å². The zero-order valence-electron chi connectivity index (χ0n) is 22.4. The predicted octanol–water partition coefficient (Wildman–Crippen LogP) is 4.38. The van der Waals surface area contributed by atoms with Crippen molar-refractivity contribution >= 4 is 22.1 Å². The molecule has 10 heteroatoms. The maximum Gasteiger partial charge on any atom is 0.330 e. The second kappa shape index (κ2) is 9.89. The van der Waals surface area contributed by atoms with Crippen LogP contribution >= 0.6 is 0 Å². The highest BCUT2D eigenvalue weighted by Gasteiger charge is 2.33. The Bertz CT molecular complexity index is 1600. The highest BCUT2D eigenvalue weighted by atomic mass is 19.1. The number of hydrogen-bond donors (Lipinski definition) is 0. The summed E-state index contributed by atoms with van der Waals surface area (Å²) in [6.07, 6.45) is 2.30. The summed E-state index contributed by atoms with van der Waals surface area (Å²) in [5.74, 6) is -0.436. The Kier molecular flexibility index (Phi) is 6.75. The number of rotatable bonds is 7. The lowest BCUT2D eigenvalue weighted by atomic mass is 9.92. The molecular formula is C28H32FN7O2. The average Bonchev–Trinajstić information content (AvgIpc) is 3.41. The van der Waals surface area contributed by atoms with Crippen LogP contribution in [0.2, 0.25) is 0 Å². The zero-order chi connectivity index (χ0) is 27.2.